The summed E-state index contributed by atoms with van der Waals surface area (Å²) >= 11 is 0. The number of nitrogens with zero attached hydrogens (tertiary/aromatic N) is 2. The van der Waals surface area contributed by atoms with Crippen LogP contribution in [0, 0.1) is 0 Å². The molecule has 3 radical (unpaired) electrons. The standard InChI is InChI=1S/C3H4N3Si/c7-6-3-1-4-2-5-3/h2H,1H2,(H,4,5,6). The summed E-state index contributed by atoms with van der Waals surface area (Å²) in [5.74, 6) is 0.858. The molecule has 0 aliphatic carbocycles. The van der Waals surface area contributed by atoms with Crippen molar-refractivity contribution in [2.45, 2.75) is 0 Å². The Morgan fingerprint density at radius 1 is 1.86 bits per heavy atom. The van der Waals surface area contributed by atoms with E-state index in [2.05, 4.69) is 25.4 Å². The molecule has 0 bridgehead atoms. The Labute approximate surface area is 45.1 Å². The number of rotatable bonds is 0. The topological polar surface area (TPSA) is 36.8 Å². The van der Waals surface area contributed by atoms with Gasteiger partial charge in [-0.15, -0.1) is 0 Å². The van der Waals surface area contributed by atoms with Crippen LogP contribution in [0.3, 0.4) is 0 Å². The molecule has 35 valence electrons. The third-order valence-electron chi connectivity index (χ3n) is 0.681. The Balaban J connectivity index is 2.45. The number of hydrogen-bond donors (Lipinski definition) is 1. The minimum absolute atomic E-state index is 0.670. The van der Waals surface area contributed by atoms with Gasteiger partial charge in [0, 0.05) is 0 Å². The van der Waals surface area contributed by atoms with Gasteiger partial charge in [0.25, 0.3) is 0 Å². The highest BCUT2D eigenvalue weighted by atomic mass is 28.2. The quantitative estimate of drug-likeness (QED) is 0.403. The zero-order valence-electron chi connectivity index (χ0n) is 3.68. The van der Waals surface area contributed by atoms with E-state index in [4.69, 9.17) is 0 Å². The fourth-order valence-corrected chi connectivity index (χ4v) is 0.494. The van der Waals surface area contributed by atoms with Crippen molar-refractivity contribution in [1.29, 1.82) is 0 Å². The van der Waals surface area contributed by atoms with Gasteiger partial charge in [-0.05, 0) is 0 Å². The number of amidine groups is 1. The number of aliphatic imine (C=N–C) groups is 2. The fourth-order valence-electron chi connectivity index (χ4n) is 0.350. The number of nitrogens with one attached hydrogen (secondary N) is 1. The fraction of sp³-hybridized carbons (Fsp3) is 0.333. The smallest absolute Gasteiger partial charge is 0.187 e. The molecule has 4 heteroatoms. The van der Waals surface area contributed by atoms with Gasteiger partial charge in [0.2, 0.25) is 0 Å². The lowest BCUT2D eigenvalue weighted by Gasteiger charge is -1.90. The van der Waals surface area contributed by atoms with Crippen LogP contribution in [0.15, 0.2) is 9.98 Å². The molecule has 1 aliphatic heterocycles. The molecule has 0 saturated carbocycles. The molecule has 3 nitrogen and oxygen atoms in total. The predicted molar refractivity (Wildman–Crippen MR) is 29.7 cm³/mol. The summed E-state index contributed by atoms with van der Waals surface area (Å²) in [5.41, 5.74) is 0. The van der Waals surface area contributed by atoms with Gasteiger partial charge in [-0.3, -0.25) is 4.99 Å². The van der Waals surface area contributed by atoms with Crippen LogP contribution in [0.2, 0.25) is 0 Å². The molecular formula is C3H4N3Si. The summed E-state index contributed by atoms with van der Waals surface area (Å²) in [5, 5.41) is 0. The lowest BCUT2D eigenvalue weighted by molar-refractivity contribution is 1.28. The maximum absolute atomic E-state index is 3.82. The van der Waals surface area contributed by atoms with Crippen LogP contribution in [-0.2, 0) is 0 Å². The summed E-state index contributed by atoms with van der Waals surface area (Å²) in [4.78, 5) is 10.3. The largest absolute Gasteiger partial charge is 0.399 e. The van der Waals surface area contributed by atoms with Crippen molar-refractivity contribution in [3.63, 3.8) is 0 Å². The molecule has 0 aromatic heterocycles. The van der Waals surface area contributed by atoms with Gasteiger partial charge in [0.05, 0.1) is 6.54 Å². The molecule has 0 amide bonds. The van der Waals surface area contributed by atoms with Crippen LogP contribution in [0.4, 0.5) is 0 Å². The van der Waals surface area contributed by atoms with Crippen molar-refractivity contribution in [3.8, 4) is 0 Å². The molecule has 1 rings (SSSR count). The van der Waals surface area contributed by atoms with Gasteiger partial charge < -0.3 is 4.98 Å². The van der Waals surface area contributed by atoms with Crippen LogP contribution in [-0.4, -0.2) is 29.1 Å². The average molecular weight is 110 g/mol. The molecule has 0 aromatic rings. The van der Waals surface area contributed by atoms with E-state index >= 15 is 0 Å². The Morgan fingerprint density at radius 3 is 3.00 bits per heavy atom. The van der Waals surface area contributed by atoms with E-state index in [9.17, 15) is 0 Å². The van der Waals surface area contributed by atoms with Gasteiger partial charge in [0.1, 0.15) is 12.2 Å². The second kappa shape index (κ2) is 1.88. The van der Waals surface area contributed by atoms with Gasteiger partial charge in [-0.25, -0.2) is 4.99 Å². The van der Waals surface area contributed by atoms with Crippen molar-refractivity contribution in [1.82, 2.24) is 4.98 Å². The van der Waals surface area contributed by atoms with Crippen molar-refractivity contribution in [3.05, 3.63) is 0 Å². The first-order valence-corrected chi connectivity index (χ1v) is 2.41. The zero-order valence-corrected chi connectivity index (χ0v) is 4.68. The maximum atomic E-state index is 3.82. The van der Waals surface area contributed by atoms with E-state index in [0.717, 1.165) is 5.84 Å². The third-order valence-corrected chi connectivity index (χ3v) is 0.969. The average Bonchev–Trinajstić information content (AvgIpc) is 2.14. The van der Waals surface area contributed by atoms with Gasteiger partial charge >= 0.3 is 0 Å². The number of hydrogen-bond acceptors (Lipinski definition) is 3. The summed E-state index contributed by atoms with van der Waals surface area (Å²) in [6.07, 6.45) is 1.53. The molecule has 0 fully saturated rings. The monoisotopic (exact) mass is 110 g/mol. The normalized spacial score (nSPS) is 17.0. The molecule has 0 spiro atoms. The van der Waals surface area contributed by atoms with Crippen molar-refractivity contribution in [2.24, 2.45) is 9.98 Å². The summed E-state index contributed by atoms with van der Waals surface area (Å²) in [6.45, 7) is 0.670. The molecule has 1 aliphatic rings. The van der Waals surface area contributed by atoms with E-state index in [1.165, 1.54) is 6.34 Å². The highest BCUT2D eigenvalue weighted by Gasteiger charge is 1.94. The van der Waals surface area contributed by atoms with E-state index < -0.39 is 0 Å². The van der Waals surface area contributed by atoms with E-state index in [-0.39, 0.29) is 0 Å². The van der Waals surface area contributed by atoms with Gasteiger partial charge in [0.15, 0.2) is 10.4 Å². The Bertz CT molecular complexity index is 117. The first-order valence-electron chi connectivity index (χ1n) is 1.91. The first-order chi connectivity index (χ1) is 3.43. The summed E-state index contributed by atoms with van der Waals surface area (Å²) in [7, 11) is 3.06. The van der Waals surface area contributed by atoms with Crippen LogP contribution in [0.5, 0.6) is 0 Å². The lowest BCUT2D eigenvalue weighted by Crippen LogP contribution is -2.20. The second-order valence-electron chi connectivity index (χ2n) is 1.16. The molecule has 0 atom stereocenters. The Hall–Kier alpha value is -0.643. The molecule has 1 N–H and O–H groups in total. The van der Waals surface area contributed by atoms with Crippen molar-refractivity contribution < 1.29 is 0 Å². The molecule has 7 heavy (non-hydrogen) atoms. The molecule has 0 unspecified atom stereocenters. The minimum Gasteiger partial charge on any atom is -0.399 e. The Morgan fingerprint density at radius 2 is 2.71 bits per heavy atom. The molecule has 0 aromatic carbocycles. The second-order valence-corrected chi connectivity index (χ2v) is 1.41. The highest BCUT2D eigenvalue weighted by molar-refractivity contribution is 6.17. The Kier molecular flexibility index (Phi) is 1.21. The van der Waals surface area contributed by atoms with E-state index in [1.807, 2.05) is 0 Å². The van der Waals surface area contributed by atoms with E-state index in [1.54, 1.807) is 0 Å². The first kappa shape index (κ1) is 4.51. The van der Waals surface area contributed by atoms with Crippen LogP contribution in [0.1, 0.15) is 0 Å². The SMILES string of the molecule is [Si]NC1=NC=NC1. The lowest BCUT2D eigenvalue weighted by atomic mass is 10.6. The molecular weight excluding hydrogens is 106 g/mol. The summed E-state index contributed by atoms with van der Waals surface area (Å²) < 4.78 is 0. The third kappa shape index (κ3) is 0.864. The maximum Gasteiger partial charge on any atom is 0.187 e. The summed E-state index contributed by atoms with van der Waals surface area (Å²) in [6, 6.07) is 0. The highest BCUT2D eigenvalue weighted by Crippen LogP contribution is 1.80. The van der Waals surface area contributed by atoms with Crippen molar-refractivity contribution in [2.75, 3.05) is 6.54 Å². The molecule has 0 saturated heterocycles. The van der Waals surface area contributed by atoms with E-state index in [0.29, 0.717) is 6.54 Å². The van der Waals surface area contributed by atoms with Gasteiger partial charge in [-0.2, -0.15) is 0 Å². The van der Waals surface area contributed by atoms with Crippen LogP contribution < -0.4 is 4.98 Å². The van der Waals surface area contributed by atoms with Gasteiger partial charge in [-0.1, -0.05) is 0 Å². The minimum atomic E-state index is 0.670. The van der Waals surface area contributed by atoms with Crippen molar-refractivity contribution >= 4 is 22.6 Å². The zero-order chi connectivity index (χ0) is 5.11. The van der Waals surface area contributed by atoms with Crippen LogP contribution in [0.25, 0.3) is 0 Å². The van der Waals surface area contributed by atoms with Crippen LogP contribution >= 0.6 is 0 Å². The molecule has 1 heterocycles. The predicted octanol–water partition coefficient (Wildman–Crippen LogP) is -0.900.